The summed E-state index contributed by atoms with van der Waals surface area (Å²) >= 11 is 0. The number of hydrogen-bond acceptors (Lipinski definition) is 2. The zero-order valence-electron chi connectivity index (χ0n) is 7.82. The van der Waals surface area contributed by atoms with Gasteiger partial charge >= 0.3 is 0 Å². The maximum absolute atomic E-state index is 12.2. The summed E-state index contributed by atoms with van der Waals surface area (Å²) in [6.07, 6.45) is -3.15. The molecule has 2 atom stereocenters. The Morgan fingerprint density at radius 3 is 1.93 bits per heavy atom. The summed E-state index contributed by atoms with van der Waals surface area (Å²) in [5.41, 5.74) is 6.25. The average Bonchev–Trinajstić information content (AvgIpc) is 2.16. The molecule has 14 heavy (non-hydrogen) atoms. The van der Waals surface area contributed by atoms with E-state index in [1.165, 1.54) is 24.3 Å². The Bertz CT molecular complexity index is 285. The van der Waals surface area contributed by atoms with Gasteiger partial charge in [0.25, 0.3) is 6.43 Å². The molecule has 0 fully saturated rings. The molecule has 0 spiro atoms. The minimum Gasteiger partial charge on any atom is -0.391 e. The molecule has 2 unspecified atom stereocenters. The van der Waals surface area contributed by atoms with Crippen molar-refractivity contribution in [3.63, 3.8) is 0 Å². The molecule has 0 aliphatic carbocycles. The van der Waals surface area contributed by atoms with E-state index in [4.69, 9.17) is 5.73 Å². The minimum absolute atomic E-state index is 0.0356. The van der Waals surface area contributed by atoms with E-state index in [0.717, 1.165) is 0 Å². The number of benzene rings is 1. The molecule has 2 nitrogen and oxygen atoms in total. The highest BCUT2D eigenvalue weighted by atomic mass is 19.3. The molecular weight excluding hydrogens is 188 g/mol. The van der Waals surface area contributed by atoms with Gasteiger partial charge in [0.05, 0.1) is 12.1 Å². The van der Waals surface area contributed by atoms with Gasteiger partial charge in [-0.05, 0) is 12.5 Å². The zero-order chi connectivity index (χ0) is 10.7. The largest absolute Gasteiger partial charge is 0.391 e. The summed E-state index contributed by atoms with van der Waals surface area (Å²) in [6, 6.07) is 5.14. The first-order valence-electron chi connectivity index (χ1n) is 4.34. The van der Waals surface area contributed by atoms with Crippen molar-refractivity contribution in [3.05, 3.63) is 35.4 Å². The number of hydrogen-bond donors (Lipinski definition) is 2. The lowest BCUT2D eigenvalue weighted by Crippen LogP contribution is -2.22. The second-order valence-corrected chi connectivity index (χ2v) is 3.23. The predicted octanol–water partition coefficient (Wildman–Crippen LogP) is 2.00. The molecule has 0 radical (unpaired) electrons. The van der Waals surface area contributed by atoms with Gasteiger partial charge in [-0.25, -0.2) is 8.78 Å². The molecule has 0 aliphatic rings. The van der Waals surface area contributed by atoms with Gasteiger partial charge in [-0.3, -0.25) is 0 Å². The Labute approximate surface area is 81.4 Å². The van der Waals surface area contributed by atoms with Gasteiger partial charge < -0.3 is 10.8 Å². The van der Waals surface area contributed by atoms with Crippen LogP contribution in [0.1, 0.15) is 30.5 Å². The lowest BCUT2D eigenvalue weighted by atomic mass is 10.0. The Morgan fingerprint density at radius 2 is 1.57 bits per heavy atom. The van der Waals surface area contributed by atoms with Gasteiger partial charge in [-0.2, -0.15) is 0 Å². The monoisotopic (exact) mass is 201 g/mol. The predicted molar refractivity (Wildman–Crippen MR) is 50.0 cm³/mol. The van der Waals surface area contributed by atoms with E-state index in [1.807, 2.05) is 0 Å². The number of rotatable bonds is 3. The van der Waals surface area contributed by atoms with E-state index in [2.05, 4.69) is 0 Å². The maximum atomic E-state index is 12.2. The molecule has 0 aliphatic heterocycles. The molecule has 0 bridgehead atoms. The quantitative estimate of drug-likeness (QED) is 0.785. The summed E-state index contributed by atoms with van der Waals surface area (Å²) in [5.74, 6) is 0. The molecule has 1 rings (SSSR count). The summed E-state index contributed by atoms with van der Waals surface area (Å²) in [6.45, 7) is 1.56. The Kier molecular flexibility index (Phi) is 3.55. The highest BCUT2D eigenvalue weighted by Crippen LogP contribution is 2.21. The van der Waals surface area contributed by atoms with Crippen LogP contribution in [0, 0.1) is 0 Å². The molecule has 4 heteroatoms. The van der Waals surface area contributed by atoms with Gasteiger partial charge in [0.1, 0.15) is 0 Å². The normalized spacial score (nSPS) is 15.6. The number of aliphatic hydroxyl groups excluding tert-OH is 1. The van der Waals surface area contributed by atoms with Crippen LogP contribution in [0.5, 0.6) is 0 Å². The van der Waals surface area contributed by atoms with E-state index in [1.54, 1.807) is 6.92 Å². The third kappa shape index (κ3) is 2.49. The Hall–Kier alpha value is -1.00. The topological polar surface area (TPSA) is 46.2 Å². The van der Waals surface area contributed by atoms with Gasteiger partial charge in [0.15, 0.2) is 0 Å². The number of halogens is 2. The molecule has 78 valence electrons. The molecule has 3 N–H and O–H groups in total. The zero-order valence-corrected chi connectivity index (χ0v) is 7.82. The second-order valence-electron chi connectivity index (χ2n) is 3.23. The summed E-state index contributed by atoms with van der Waals surface area (Å²) in [4.78, 5) is 0. The molecule has 0 heterocycles. The fourth-order valence-corrected chi connectivity index (χ4v) is 1.14. The highest BCUT2D eigenvalue weighted by molar-refractivity contribution is 5.26. The van der Waals surface area contributed by atoms with Crippen molar-refractivity contribution in [2.24, 2.45) is 5.73 Å². The Morgan fingerprint density at radius 1 is 1.14 bits per heavy atom. The smallest absolute Gasteiger partial charge is 0.263 e. The van der Waals surface area contributed by atoms with Gasteiger partial charge in [-0.15, -0.1) is 0 Å². The first kappa shape index (κ1) is 11.1. The summed E-state index contributed by atoms with van der Waals surface area (Å²) in [7, 11) is 0. The van der Waals surface area contributed by atoms with Crippen LogP contribution in [-0.2, 0) is 0 Å². The standard InChI is InChI=1S/C10H13F2NO/c1-6(14)9(13)7-2-4-8(5-3-7)10(11)12/h2-6,9-10,14H,13H2,1H3. The molecule has 0 saturated carbocycles. The van der Waals surface area contributed by atoms with E-state index in [9.17, 15) is 13.9 Å². The van der Waals surface area contributed by atoms with Crippen molar-refractivity contribution < 1.29 is 13.9 Å². The lowest BCUT2D eigenvalue weighted by molar-refractivity contribution is 0.151. The molecular formula is C10H13F2NO. The first-order chi connectivity index (χ1) is 6.52. The number of aliphatic hydroxyl groups is 1. The molecule has 0 saturated heterocycles. The molecule has 1 aromatic rings. The van der Waals surface area contributed by atoms with Crippen molar-refractivity contribution >= 4 is 0 Å². The third-order valence-corrected chi connectivity index (χ3v) is 2.09. The van der Waals surface area contributed by atoms with Crippen LogP contribution in [0.3, 0.4) is 0 Å². The van der Waals surface area contributed by atoms with Crippen LogP contribution >= 0.6 is 0 Å². The summed E-state index contributed by atoms with van der Waals surface area (Å²) in [5, 5.41) is 9.18. The van der Waals surface area contributed by atoms with Crippen molar-refractivity contribution in [1.82, 2.24) is 0 Å². The SMILES string of the molecule is CC(O)C(N)c1ccc(C(F)F)cc1. The van der Waals surface area contributed by atoms with E-state index >= 15 is 0 Å². The van der Waals surface area contributed by atoms with Crippen LogP contribution in [-0.4, -0.2) is 11.2 Å². The Balaban J connectivity index is 2.83. The molecule has 0 aromatic heterocycles. The third-order valence-electron chi connectivity index (χ3n) is 2.09. The van der Waals surface area contributed by atoms with Crippen molar-refractivity contribution in [2.45, 2.75) is 25.5 Å². The lowest BCUT2D eigenvalue weighted by Gasteiger charge is -2.15. The second kappa shape index (κ2) is 4.48. The van der Waals surface area contributed by atoms with Crippen LogP contribution in [0.15, 0.2) is 24.3 Å². The van der Waals surface area contributed by atoms with Crippen LogP contribution in [0.2, 0.25) is 0 Å². The van der Waals surface area contributed by atoms with Gasteiger partial charge in [-0.1, -0.05) is 24.3 Å². The van der Waals surface area contributed by atoms with Crippen LogP contribution < -0.4 is 5.73 Å². The van der Waals surface area contributed by atoms with Crippen molar-refractivity contribution in [3.8, 4) is 0 Å². The fourth-order valence-electron chi connectivity index (χ4n) is 1.14. The van der Waals surface area contributed by atoms with Crippen LogP contribution in [0.25, 0.3) is 0 Å². The fraction of sp³-hybridized carbons (Fsp3) is 0.400. The van der Waals surface area contributed by atoms with Crippen molar-refractivity contribution in [2.75, 3.05) is 0 Å². The maximum Gasteiger partial charge on any atom is 0.263 e. The molecule has 1 aromatic carbocycles. The highest BCUT2D eigenvalue weighted by Gasteiger charge is 2.13. The number of alkyl halides is 2. The molecule has 0 amide bonds. The first-order valence-corrected chi connectivity index (χ1v) is 4.34. The average molecular weight is 201 g/mol. The van der Waals surface area contributed by atoms with Gasteiger partial charge in [0.2, 0.25) is 0 Å². The summed E-state index contributed by atoms with van der Waals surface area (Å²) < 4.78 is 24.4. The van der Waals surface area contributed by atoms with Crippen molar-refractivity contribution in [1.29, 1.82) is 0 Å². The van der Waals surface area contributed by atoms with E-state index in [-0.39, 0.29) is 5.56 Å². The van der Waals surface area contributed by atoms with E-state index < -0.39 is 18.6 Å². The minimum atomic E-state index is -2.47. The van der Waals surface area contributed by atoms with Crippen LogP contribution in [0.4, 0.5) is 8.78 Å². The van der Waals surface area contributed by atoms with Gasteiger partial charge in [0, 0.05) is 5.56 Å². The number of nitrogens with two attached hydrogens (primary N) is 1. The van der Waals surface area contributed by atoms with E-state index in [0.29, 0.717) is 5.56 Å².